The lowest BCUT2D eigenvalue weighted by molar-refractivity contribution is 1.68. The van der Waals surface area contributed by atoms with E-state index < -0.39 is 0 Å². The van der Waals surface area contributed by atoms with E-state index in [1.54, 1.807) is 0 Å². The second-order valence-corrected chi connectivity index (χ2v) is 13.8. The van der Waals surface area contributed by atoms with Crippen LogP contribution in [0.4, 0.5) is 0 Å². The van der Waals surface area contributed by atoms with Gasteiger partial charge in [0, 0.05) is 40.3 Å². The summed E-state index contributed by atoms with van der Waals surface area (Å²) in [4.78, 5) is 0. The van der Waals surface area contributed by atoms with Gasteiger partial charge in [-0.25, -0.2) is 0 Å². The molecule has 0 aliphatic rings. The van der Waals surface area contributed by atoms with Crippen LogP contribution in [0.3, 0.4) is 0 Å². The van der Waals surface area contributed by atoms with Crippen molar-refractivity contribution in [1.82, 2.24) is 0 Å². The molecule has 0 nitrogen and oxygen atoms in total. The Labute approximate surface area is 262 Å². The van der Waals surface area contributed by atoms with Crippen molar-refractivity contribution in [2.75, 3.05) is 0 Å². The van der Waals surface area contributed by atoms with Gasteiger partial charge in [-0.2, -0.15) is 0 Å². The number of benzene rings is 8. The summed E-state index contributed by atoms with van der Waals surface area (Å²) in [5.41, 5.74) is 5.18. The third kappa shape index (κ3) is 3.44. The van der Waals surface area contributed by atoms with Crippen molar-refractivity contribution in [2.24, 2.45) is 0 Å². The van der Waals surface area contributed by atoms with Crippen molar-refractivity contribution in [3.63, 3.8) is 0 Å². The van der Waals surface area contributed by atoms with Crippen LogP contribution in [0.15, 0.2) is 146 Å². The van der Waals surface area contributed by atoms with Crippen molar-refractivity contribution in [3.8, 4) is 22.3 Å². The molecule has 0 saturated carbocycles. The van der Waals surface area contributed by atoms with Gasteiger partial charge >= 0.3 is 0 Å². The van der Waals surface area contributed by atoms with E-state index in [1.165, 1.54) is 94.9 Å². The van der Waals surface area contributed by atoms with E-state index in [0.717, 1.165) is 0 Å². The Hall–Kier alpha value is -5.02. The van der Waals surface area contributed by atoms with E-state index in [9.17, 15) is 0 Å². The summed E-state index contributed by atoms with van der Waals surface area (Å²) >= 11 is 3.80. The van der Waals surface area contributed by atoms with Gasteiger partial charge in [0.05, 0.1) is 0 Å². The smallest absolute Gasteiger partial charge is 0.0362 e. The fraction of sp³-hybridized carbons (Fsp3) is 0. The summed E-state index contributed by atoms with van der Waals surface area (Å²) in [6.45, 7) is 0. The maximum Gasteiger partial charge on any atom is 0.0362 e. The fourth-order valence-electron chi connectivity index (χ4n) is 7.31. The summed E-state index contributed by atoms with van der Waals surface area (Å²) in [6.07, 6.45) is 0. The van der Waals surface area contributed by atoms with Crippen LogP contribution in [-0.2, 0) is 0 Å². The first-order chi connectivity index (χ1) is 21.8. The predicted molar refractivity (Wildman–Crippen MR) is 196 cm³/mol. The summed E-state index contributed by atoms with van der Waals surface area (Å²) in [5.74, 6) is 0. The van der Waals surface area contributed by atoms with Gasteiger partial charge < -0.3 is 0 Å². The summed E-state index contributed by atoms with van der Waals surface area (Å²) in [7, 11) is 0. The molecule has 0 aliphatic carbocycles. The molecule has 0 unspecified atom stereocenters. The average Bonchev–Trinajstić information content (AvgIpc) is 3.63. The molecule has 2 heteroatoms. The third-order valence-electron chi connectivity index (χ3n) is 9.23. The van der Waals surface area contributed by atoms with Crippen molar-refractivity contribution >= 4 is 95.3 Å². The molecule has 0 aliphatic heterocycles. The molecule has 0 radical (unpaired) electrons. The molecule has 8 aromatic carbocycles. The van der Waals surface area contributed by atoms with E-state index in [0.29, 0.717) is 0 Å². The highest BCUT2D eigenvalue weighted by atomic mass is 32.1. The maximum atomic E-state index is 2.49. The molecule has 44 heavy (non-hydrogen) atoms. The van der Waals surface area contributed by atoms with Gasteiger partial charge in [-0.15, -0.1) is 22.7 Å². The Morgan fingerprint density at radius 3 is 1.48 bits per heavy atom. The lowest BCUT2D eigenvalue weighted by atomic mass is 9.84. The highest BCUT2D eigenvalue weighted by Gasteiger charge is 2.21. The van der Waals surface area contributed by atoms with Gasteiger partial charge in [0.2, 0.25) is 0 Å². The zero-order valence-electron chi connectivity index (χ0n) is 23.7. The Balaban J connectivity index is 1.50. The van der Waals surface area contributed by atoms with E-state index in [1.807, 2.05) is 22.7 Å². The van der Waals surface area contributed by atoms with Crippen LogP contribution < -0.4 is 0 Å². The maximum absolute atomic E-state index is 2.49. The SMILES string of the molecule is c1ccc(-c2c3cc4c(cc3c(-c3cccc5ccccc35)c3cc5c(cc23)sc2ccccc25)sc2ccccc24)cc1. The molecule has 0 fully saturated rings. The minimum Gasteiger partial charge on any atom is -0.135 e. The van der Waals surface area contributed by atoms with Gasteiger partial charge in [-0.05, 0) is 91.0 Å². The van der Waals surface area contributed by atoms with Crippen LogP contribution in [0, 0.1) is 0 Å². The van der Waals surface area contributed by atoms with E-state index in [-0.39, 0.29) is 0 Å². The van der Waals surface area contributed by atoms with Gasteiger partial charge in [0.25, 0.3) is 0 Å². The Morgan fingerprint density at radius 2 is 0.795 bits per heavy atom. The molecule has 204 valence electrons. The number of hydrogen-bond donors (Lipinski definition) is 0. The van der Waals surface area contributed by atoms with Crippen LogP contribution in [0.5, 0.6) is 0 Å². The Morgan fingerprint density at radius 1 is 0.295 bits per heavy atom. The van der Waals surface area contributed by atoms with Gasteiger partial charge in [-0.3, -0.25) is 0 Å². The molecule has 0 saturated heterocycles. The average molecular weight is 593 g/mol. The van der Waals surface area contributed by atoms with Crippen LogP contribution in [0.2, 0.25) is 0 Å². The summed E-state index contributed by atoms with van der Waals surface area (Å²) in [5, 5.41) is 13.1. The van der Waals surface area contributed by atoms with Crippen LogP contribution in [0.25, 0.3) is 94.9 Å². The standard InChI is InChI=1S/C42H24S2/c1-2-12-26(13-3-1)41-33-21-31-28-16-6-8-19-37(28)44-40(31)24-36(33)42(30-18-10-14-25-11-4-5-15-27(25)30)34-22-32-29-17-7-9-20-38(29)43-39(32)23-35(34)41/h1-24H. The first kappa shape index (κ1) is 24.4. The molecule has 0 amide bonds. The van der Waals surface area contributed by atoms with Crippen molar-refractivity contribution in [3.05, 3.63) is 146 Å². The topological polar surface area (TPSA) is 0 Å². The third-order valence-corrected chi connectivity index (χ3v) is 11.5. The van der Waals surface area contributed by atoms with E-state index in [2.05, 4.69) is 146 Å². The highest BCUT2D eigenvalue weighted by molar-refractivity contribution is 7.26. The zero-order valence-corrected chi connectivity index (χ0v) is 25.3. The van der Waals surface area contributed by atoms with Crippen LogP contribution >= 0.6 is 22.7 Å². The Bertz CT molecular complexity index is 2750. The largest absolute Gasteiger partial charge is 0.135 e. The van der Waals surface area contributed by atoms with Crippen LogP contribution in [0.1, 0.15) is 0 Å². The van der Waals surface area contributed by atoms with Gasteiger partial charge in [0.15, 0.2) is 0 Å². The quantitative estimate of drug-likeness (QED) is 0.175. The number of rotatable bonds is 2. The van der Waals surface area contributed by atoms with E-state index >= 15 is 0 Å². The van der Waals surface area contributed by atoms with Crippen molar-refractivity contribution < 1.29 is 0 Å². The molecule has 2 heterocycles. The lowest BCUT2D eigenvalue weighted by Gasteiger charge is -2.19. The van der Waals surface area contributed by atoms with Crippen molar-refractivity contribution in [1.29, 1.82) is 0 Å². The summed E-state index contributed by atoms with van der Waals surface area (Å²) < 4.78 is 5.34. The predicted octanol–water partition coefficient (Wildman–Crippen LogP) is 13.2. The number of hydrogen-bond acceptors (Lipinski definition) is 2. The normalized spacial score (nSPS) is 12.1. The molecular formula is C42H24S2. The second-order valence-electron chi connectivity index (χ2n) is 11.6. The van der Waals surface area contributed by atoms with Crippen molar-refractivity contribution in [2.45, 2.75) is 0 Å². The van der Waals surface area contributed by atoms with Gasteiger partial charge in [-0.1, -0.05) is 109 Å². The molecule has 0 spiro atoms. The zero-order chi connectivity index (χ0) is 28.8. The molecule has 0 atom stereocenters. The summed E-state index contributed by atoms with van der Waals surface area (Å²) in [6, 6.07) is 54.2. The molecular weight excluding hydrogens is 569 g/mol. The highest BCUT2D eigenvalue weighted by Crippen LogP contribution is 2.50. The minimum atomic E-state index is 1.26. The molecule has 2 aromatic heterocycles. The lowest BCUT2D eigenvalue weighted by Crippen LogP contribution is -1.92. The minimum absolute atomic E-state index is 1.26. The Kier molecular flexibility index (Phi) is 5.13. The molecule has 10 rings (SSSR count). The first-order valence-electron chi connectivity index (χ1n) is 15.0. The fourth-order valence-corrected chi connectivity index (χ4v) is 9.56. The van der Waals surface area contributed by atoms with E-state index in [4.69, 9.17) is 0 Å². The molecule has 0 N–H and O–H groups in total. The second kappa shape index (κ2) is 9.24. The monoisotopic (exact) mass is 592 g/mol. The molecule has 10 aromatic rings. The molecule has 0 bridgehead atoms. The van der Waals surface area contributed by atoms with Crippen LogP contribution in [-0.4, -0.2) is 0 Å². The number of fused-ring (bicyclic) bond motifs is 9. The number of thiophene rings is 2. The van der Waals surface area contributed by atoms with Gasteiger partial charge in [0.1, 0.15) is 0 Å². The first-order valence-corrected chi connectivity index (χ1v) is 16.6.